The van der Waals surface area contributed by atoms with E-state index in [9.17, 15) is 9.59 Å². The summed E-state index contributed by atoms with van der Waals surface area (Å²) in [6.45, 7) is 1.39. The van der Waals surface area contributed by atoms with Gasteiger partial charge in [0, 0.05) is 32.6 Å². The van der Waals surface area contributed by atoms with Crippen LogP contribution in [-0.4, -0.2) is 53.1 Å². The predicted octanol–water partition coefficient (Wildman–Crippen LogP) is 2.56. The van der Waals surface area contributed by atoms with Gasteiger partial charge in [-0.05, 0) is 38.0 Å². The molecule has 2 rings (SSSR count). The molecule has 0 spiro atoms. The van der Waals surface area contributed by atoms with E-state index >= 15 is 0 Å². The molecule has 5 nitrogen and oxygen atoms in total. The van der Waals surface area contributed by atoms with Gasteiger partial charge in [-0.15, -0.1) is 0 Å². The van der Waals surface area contributed by atoms with Crippen LogP contribution in [0.4, 0.5) is 4.79 Å². The molecule has 1 heterocycles. The van der Waals surface area contributed by atoms with Gasteiger partial charge in [-0.2, -0.15) is 0 Å². The summed E-state index contributed by atoms with van der Waals surface area (Å²) in [6.07, 6.45) is 7.96. The largest absolute Gasteiger partial charge is 0.481 e. The van der Waals surface area contributed by atoms with Gasteiger partial charge >= 0.3 is 12.0 Å². The Kier molecular flexibility index (Phi) is 5.26. The summed E-state index contributed by atoms with van der Waals surface area (Å²) >= 11 is 0. The summed E-state index contributed by atoms with van der Waals surface area (Å²) in [5, 5.41) is 8.65. The second-order valence-electron chi connectivity index (χ2n) is 6.15. The lowest BCUT2D eigenvalue weighted by atomic mass is 9.78. The zero-order valence-electron chi connectivity index (χ0n) is 12.4. The molecule has 0 radical (unpaired) electrons. The molecule has 0 bridgehead atoms. The van der Waals surface area contributed by atoms with Crippen LogP contribution >= 0.6 is 0 Å². The third kappa shape index (κ3) is 3.64. The van der Waals surface area contributed by atoms with E-state index in [4.69, 9.17) is 5.11 Å². The normalized spacial score (nSPS) is 25.9. The molecule has 5 heteroatoms. The topological polar surface area (TPSA) is 60.9 Å². The molecule has 1 saturated carbocycles. The van der Waals surface area contributed by atoms with E-state index in [-0.39, 0.29) is 12.5 Å². The van der Waals surface area contributed by atoms with Crippen molar-refractivity contribution in [2.45, 2.75) is 57.4 Å². The minimum Gasteiger partial charge on any atom is -0.481 e. The minimum atomic E-state index is -0.795. The van der Waals surface area contributed by atoms with Crippen molar-refractivity contribution in [3.8, 4) is 0 Å². The molecule has 0 aromatic heterocycles. The summed E-state index contributed by atoms with van der Waals surface area (Å²) in [6, 6.07) is 0.513. The number of carbonyl (C=O) groups excluding carboxylic acids is 1. The third-order valence-electron chi connectivity index (χ3n) is 4.70. The number of urea groups is 1. The minimum absolute atomic E-state index is 0.0898. The third-order valence-corrected chi connectivity index (χ3v) is 4.70. The second-order valence-corrected chi connectivity index (χ2v) is 6.15. The Morgan fingerprint density at radius 1 is 1.20 bits per heavy atom. The second kappa shape index (κ2) is 6.95. The summed E-state index contributed by atoms with van der Waals surface area (Å²) in [5.41, 5.74) is 0. The Morgan fingerprint density at radius 2 is 1.90 bits per heavy atom. The number of likely N-dealkylation sites (tertiary alicyclic amines) is 1. The van der Waals surface area contributed by atoms with Gasteiger partial charge in [-0.25, -0.2) is 4.79 Å². The van der Waals surface area contributed by atoms with Crippen LogP contribution in [0.15, 0.2) is 0 Å². The van der Waals surface area contributed by atoms with Gasteiger partial charge in [-0.3, -0.25) is 4.79 Å². The van der Waals surface area contributed by atoms with Crippen LogP contribution in [0, 0.1) is 5.92 Å². The fourth-order valence-corrected chi connectivity index (χ4v) is 3.64. The number of carboxylic acids is 1. The van der Waals surface area contributed by atoms with E-state index in [1.165, 1.54) is 25.7 Å². The van der Waals surface area contributed by atoms with Gasteiger partial charge in [0.1, 0.15) is 0 Å². The highest BCUT2D eigenvalue weighted by Crippen LogP contribution is 2.35. The molecule has 1 aliphatic heterocycles. The van der Waals surface area contributed by atoms with Crippen LogP contribution < -0.4 is 0 Å². The number of carbonyl (C=O) groups is 2. The monoisotopic (exact) mass is 282 g/mol. The lowest BCUT2D eigenvalue weighted by Crippen LogP contribution is -2.53. The first-order valence-corrected chi connectivity index (χ1v) is 7.83. The van der Waals surface area contributed by atoms with Crippen molar-refractivity contribution in [2.24, 2.45) is 5.92 Å². The maximum absolute atomic E-state index is 12.5. The van der Waals surface area contributed by atoms with Crippen molar-refractivity contribution < 1.29 is 14.7 Å². The Hall–Kier alpha value is -1.26. The van der Waals surface area contributed by atoms with Crippen LogP contribution in [0.1, 0.15) is 51.4 Å². The molecule has 2 aliphatic rings. The fourth-order valence-electron chi connectivity index (χ4n) is 3.64. The molecule has 2 amide bonds. The number of nitrogens with zero attached hydrogens (tertiary/aromatic N) is 2. The maximum Gasteiger partial charge on any atom is 0.319 e. The van der Waals surface area contributed by atoms with Crippen LogP contribution in [0.3, 0.4) is 0 Å². The molecule has 1 N–H and O–H groups in total. The van der Waals surface area contributed by atoms with Gasteiger partial charge in [-0.1, -0.05) is 12.8 Å². The van der Waals surface area contributed by atoms with Crippen LogP contribution in [0.25, 0.3) is 0 Å². The van der Waals surface area contributed by atoms with Crippen molar-refractivity contribution in [3.05, 3.63) is 0 Å². The zero-order chi connectivity index (χ0) is 14.5. The highest BCUT2D eigenvalue weighted by Gasteiger charge is 2.36. The smallest absolute Gasteiger partial charge is 0.319 e. The van der Waals surface area contributed by atoms with Crippen molar-refractivity contribution in [3.63, 3.8) is 0 Å². The average molecular weight is 282 g/mol. The molecular weight excluding hydrogens is 256 g/mol. The van der Waals surface area contributed by atoms with Crippen LogP contribution in [0.2, 0.25) is 0 Å². The van der Waals surface area contributed by atoms with E-state index in [0.29, 0.717) is 24.9 Å². The number of piperidine rings is 1. The summed E-state index contributed by atoms with van der Waals surface area (Å²) in [7, 11) is 1.79. The standard InChI is InChI=1S/C15H26N2O3/c1-16(10-5-9-14(18)19)15(20)17-11-4-7-12-6-2-3-8-13(12)17/h12-13H,2-11H2,1H3,(H,18,19). The SMILES string of the molecule is CN(CCCC(=O)O)C(=O)N1CCCC2CCCCC21. The first-order valence-electron chi connectivity index (χ1n) is 7.83. The van der Waals surface area contributed by atoms with Crippen LogP contribution in [0.5, 0.6) is 0 Å². The van der Waals surface area contributed by atoms with Gasteiger partial charge in [0.2, 0.25) is 0 Å². The Bertz CT molecular complexity index is 357. The highest BCUT2D eigenvalue weighted by molar-refractivity contribution is 5.74. The van der Waals surface area contributed by atoms with E-state index in [2.05, 4.69) is 0 Å². The molecule has 2 fully saturated rings. The molecule has 0 aromatic carbocycles. The lowest BCUT2D eigenvalue weighted by Gasteiger charge is -2.45. The van der Waals surface area contributed by atoms with Gasteiger partial charge < -0.3 is 14.9 Å². The molecule has 1 saturated heterocycles. The Morgan fingerprint density at radius 3 is 2.65 bits per heavy atom. The molecule has 20 heavy (non-hydrogen) atoms. The highest BCUT2D eigenvalue weighted by atomic mass is 16.4. The molecule has 114 valence electrons. The van der Waals surface area contributed by atoms with Crippen molar-refractivity contribution >= 4 is 12.0 Å². The number of hydrogen-bond donors (Lipinski definition) is 1. The number of aliphatic carboxylic acids is 1. The number of hydrogen-bond acceptors (Lipinski definition) is 2. The number of carboxylic acid groups (broad SMARTS) is 1. The van der Waals surface area contributed by atoms with E-state index in [0.717, 1.165) is 19.4 Å². The lowest BCUT2D eigenvalue weighted by molar-refractivity contribution is -0.137. The van der Waals surface area contributed by atoms with Crippen LogP contribution in [-0.2, 0) is 4.79 Å². The average Bonchev–Trinajstić information content (AvgIpc) is 2.45. The summed E-state index contributed by atoms with van der Waals surface area (Å²) < 4.78 is 0. The molecular formula is C15H26N2O3. The summed E-state index contributed by atoms with van der Waals surface area (Å²) in [5.74, 6) is -0.106. The van der Waals surface area contributed by atoms with Gasteiger partial charge in [0.25, 0.3) is 0 Å². The molecule has 0 aromatic rings. The van der Waals surface area contributed by atoms with Gasteiger partial charge in [0.15, 0.2) is 0 Å². The van der Waals surface area contributed by atoms with Crippen molar-refractivity contribution in [1.29, 1.82) is 0 Å². The number of rotatable bonds is 4. The number of amides is 2. The maximum atomic E-state index is 12.5. The first-order chi connectivity index (χ1) is 9.59. The van der Waals surface area contributed by atoms with E-state index < -0.39 is 5.97 Å². The van der Waals surface area contributed by atoms with Crippen molar-refractivity contribution in [1.82, 2.24) is 9.80 Å². The Labute approximate surface area is 120 Å². The number of fused-ring (bicyclic) bond motifs is 1. The molecule has 2 unspecified atom stereocenters. The van der Waals surface area contributed by atoms with Crippen molar-refractivity contribution in [2.75, 3.05) is 20.1 Å². The predicted molar refractivity (Wildman–Crippen MR) is 76.6 cm³/mol. The quantitative estimate of drug-likeness (QED) is 0.862. The van der Waals surface area contributed by atoms with E-state index in [1.807, 2.05) is 4.90 Å². The fraction of sp³-hybridized carbons (Fsp3) is 0.867. The summed E-state index contributed by atoms with van der Waals surface area (Å²) in [4.78, 5) is 26.8. The van der Waals surface area contributed by atoms with E-state index in [1.54, 1.807) is 11.9 Å². The molecule has 2 atom stereocenters. The van der Waals surface area contributed by atoms with Gasteiger partial charge in [0.05, 0.1) is 0 Å². The Balaban J connectivity index is 1.87. The first kappa shape index (κ1) is 15.1. The zero-order valence-corrected chi connectivity index (χ0v) is 12.4. The molecule has 1 aliphatic carbocycles.